The molecule has 0 saturated heterocycles. The lowest BCUT2D eigenvalue weighted by atomic mass is 9.85. The van der Waals surface area contributed by atoms with Gasteiger partial charge in [0.05, 0.1) is 13.7 Å². The van der Waals surface area contributed by atoms with Crippen LogP contribution in [0.5, 0.6) is 23.0 Å². The average Bonchev–Trinajstić information content (AvgIpc) is 3.16. The van der Waals surface area contributed by atoms with E-state index in [1.807, 2.05) is 88.4 Å². The number of aryl methyl sites for hydroxylation is 2. The Morgan fingerprint density at radius 1 is 0.875 bits per heavy atom. The maximum absolute atomic E-state index is 6.92. The maximum atomic E-state index is 6.92. The van der Waals surface area contributed by atoms with Gasteiger partial charge >= 0.3 is 17.2 Å². The molecule has 56 heavy (non-hydrogen) atoms. The van der Waals surface area contributed by atoms with Crippen LogP contribution in [0.3, 0.4) is 0 Å². The van der Waals surface area contributed by atoms with Crippen LogP contribution >= 0.6 is 17.2 Å². The third kappa shape index (κ3) is 13.3. The van der Waals surface area contributed by atoms with E-state index in [-0.39, 0.29) is 12.0 Å². The van der Waals surface area contributed by atoms with Gasteiger partial charge in [-0.15, -0.1) is 0 Å². The predicted octanol–water partition coefficient (Wildman–Crippen LogP) is 14.8. The minimum Gasteiger partial charge on any atom is -0.493 e. The van der Waals surface area contributed by atoms with Crippen LogP contribution < -0.4 is 18.3 Å². The highest BCUT2D eigenvalue weighted by atomic mass is 31.2. The molecule has 1 aliphatic carbocycles. The summed E-state index contributed by atoms with van der Waals surface area (Å²) in [6.45, 7) is 20.6. The standard InChI is InChI=1S/C47H58O7P2/c1-11-14-22-31-49-55(52-43-28-19-17-16-18-26-38(43)23-13-3)53-44-34-39(47(7,8)9)29-30-40(44)41-32-35(4)33-45(48-10)46(41)54-56(50-37(6)25-15-12-2)51-42-27-21-20-24-36(42)5/h11-12,14-16,18,20-22,24-30,32-34H,1,13,17,19,23,31H2,2-10H3/b15-12-,18-16+,22-14-,37-25+,38-26-,43-28+. The van der Waals surface area contributed by atoms with Crippen molar-refractivity contribution in [2.24, 2.45) is 0 Å². The summed E-state index contributed by atoms with van der Waals surface area (Å²) < 4.78 is 45.7. The van der Waals surface area contributed by atoms with E-state index in [0.717, 1.165) is 64.8 Å². The number of hydrogen-bond acceptors (Lipinski definition) is 7. The third-order valence-electron chi connectivity index (χ3n) is 8.56. The highest BCUT2D eigenvalue weighted by Crippen LogP contribution is 2.54. The van der Waals surface area contributed by atoms with Crippen LogP contribution in [0, 0.1) is 13.8 Å². The molecular weight excluding hydrogens is 738 g/mol. The van der Waals surface area contributed by atoms with E-state index in [4.69, 9.17) is 31.9 Å². The molecule has 0 aliphatic heterocycles. The molecule has 4 rings (SSSR count). The van der Waals surface area contributed by atoms with Gasteiger partial charge in [-0.05, 0) is 111 Å². The summed E-state index contributed by atoms with van der Waals surface area (Å²) in [6.07, 6.45) is 23.3. The molecule has 0 aromatic heterocycles. The van der Waals surface area contributed by atoms with Crippen LogP contribution in [-0.2, 0) is 19.0 Å². The quantitative estimate of drug-likeness (QED) is 0.0680. The predicted molar refractivity (Wildman–Crippen MR) is 234 cm³/mol. The zero-order valence-electron chi connectivity index (χ0n) is 34.5. The number of para-hydroxylation sites is 1. The summed E-state index contributed by atoms with van der Waals surface area (Å²) >= 11 is 0. The fraction of sp³-hybridized carbons (Fsp3) is 0.319. The van der Waals surface area contributed by atoms with Gasteiger partial charge in [0.15, 0.2) is 11.5 Å². The zero-order chi connectivity index (χ0) is 40.5. The monoisotopic (exact) mass is 796 g/mol. The molecule has 0 saturated carbocycles. The molecule has 7 nitrogen and oxygen atoms in total. The Morgan fingerprint density at radius 3 is 2.38 bits per heavy atom. The Bertz CT molecular complexity index is 1950. The van der Waals surface area contributed by atoms with Crippen molar-refractivity contribution < 1.29 is 31.9 Å². The summed E-state index contributed by atoms with van der Waals surface area (Å²) in [5.74, 6) is 3.63. The molecule has 3 aromatic rings. The average molecular weight is 797 g/mol. The van der Waals surface area contributed by atoms with E-state index in [0.29, 0.717) is 28.8 Å². The first kappa shape index (κ1) is 44.2. The molecule has 0 bridgehead atoms. The molecular formula is C47H58O7P2. The second kappa shape index (κ2) is 22.3. The van der Waals surface area contributed by atoms with E-state index >= 15 is 0 Å². The van der Waals surface area contributed by atoms with Crippen molar-refractivity contribution in [3.63, 3.8) is 0 Å². The first-order valence-electron chi connectivity index (χ1n) is 19.1. The first-order valence-corrected chi connectivity index (χ1v) is 21.3. The Kier molecular flexibility index (Phi) is 17.6. The van der Waals surface area contributed by atoms with Gasteiger partial charge in [-0.3, -0.25) is 4.52 Å². The van der Waals surface area contributed by atoms with Gasteiger partial charge in [-0.1, -0.05) is 120 Å². The number of benzene rings is 3. The summed E-state index contributed by atoms with van der Waals surface area (Å²) in [7, 11) is -2.32. The second-order valence-corrected chi connectivity index (χ2v) is 16.3. The highest BCUT2D eigenvalue weighted by Gasteiger charge is 2.29. The van der Waals surface area contributed by atoms with Crippen molar-refractivity contribution in [1.82, 2.24) is 0 Å². The highest BCUT2D eigenvalue weighted by molar-refractivity contribution is 7.42. The van der Waals surface area contributed by atoms with Crippen LogP contribution in [0.4, 0.5) is 0 Å². The second-order valence-electron chi connectivity index (χ2n) is 14.3. The molecule has 1 aliphatic rings. The molecule has 0 spiro atoms. The topological polar surface area (TPSA) is 64.6 Å². The number of rotatable bonds is 19. The lowest BCUT2D eigenvalue weighted by molar-refractivity contribution is 0.263. The Hall–Kier alpha value is -4.54. The van der Waals surface area contributed by atoms with Crippen LogP contribution in [0.15, 0.2) is 139 Å². The minimum atomic E-state index is -2.02. The smallest absolute Gasteiger partial charge is 0.493 e. The Balaban J connectivity index is 1.88. The fourth-order valence-electron chi connectivity index (χ4n) is 5.59. The van der Waals surface area contributed by atoms with Crippen molar-refractivity contribution in [3.05, 3.63) is 156 Å². The molecule has 0 N–H and O–H groups in total. The zero-order valence-corrected chi connectivity index (χ0v) is 36.3. The van der Waals surface area contributed by atoms with Crippen molar-refractivity contribution >= 4 is 17.2 Å². The van der Waals surface area contributed by atoms with Crippen LogP contribution in [0.1, 0.15) is 83.9 Å². The molecule has 0 radical (unpaired) electrons. The molecule has 0 heterocycles. The van der Waals surface area contributed by atoms with E-state index in [1.54, 1.807) is 13.2 Å². The van der Waals surface area contributed by atoms with E-state index in [2.05, 4.69) is 82.8 Å². The summed E-state index contributed by atoms with van der Waals surface area (Å²) in [5, 5.41) is 0. The number of allylic oxidation sites excluding steroid dienone is 11. The maximum Gasteiger partial charge on any atom is 0.530 e. The molecule has 9 heteroatoms. The van der Waals surface area contributed by atoms with Gasteiger partial charge < -0.3 is 27.4 Å². The Morgan fingerprint density at radius 2 is 1.66 bits per heavy atom. The summed E-state index contributed by atoms with van der Waals surface area (Å²) in [4.78, 5) is 0. The van der Waals surface area contributed by atoms with Crippen LogP contribution in [0.2, 0.25) is 0 Å². The van der Waals surface area contributed by atoms with Crippen LogP contribution in [0.25, 0.3) is 11.1 Å². The summed E-state index contributed by atoms with van der Waals surface area (Å²) in [5.41, 5.74) is 5.44. The largest absolute Gasteiger partial charge is 0.530 e. The van der Waals surface area contributed by atoms with Crippen molar-refractivity contribution in [2.75, 3.05) is 13.7 Å². The van der Waals surface area contributed by atoms with E-state index in [9.17, 15) is 0 Å². The molecule has 2 unspecified atom stereocenters. The number of ether oxygens (including phenoxy) is 1. The van der Waals surface area contributed by atoms with Crippen molar-refractivity contribution in [3.8, 4) is 34.1 Å². The molecule has 0 fully saturated rings. The van der Waals surface area contributed by atoms with E-state index in [1.165, 1.54) is 0 Å². The van der Waals surface area contributed by atoms with Crippen LogP contribution in [-0.4, -0.2) is 13.7 Å². The van der Waals surface area contributed by atoms with Gasteiger partial charge in [-0.25, -0.2) is 0 Å². The van der Waals surface area contributed by atoms with Crippen molar-refractivity contribution in [2.45, 2.75) is 86.5 Å². The normalized spacial score (nSPS) is 17.1. The molecule has 2 atom stereocenters. The number of hydrogen-bond donors (Lipinski definition) is 0. The van der Waals surface area contributed by atoms with E-state index < -0.39 is 17.2 Å². The van der Waals surface area contributed by atoms with Crippen molar-refractivity contribution in [1.29, 1.82) is 0 Å². The van der Waals surface area contributed by atoms with Gasteiger partial charge in [0.25, 0.3) is 0 Å². The van der Waals surface area contributed by atoms with Gasteiger partial charge in [0.2, 0.25) is 0 Å². The lowest BCUT2D eigenvalue weighted by Crippen LogP contribution is -2.11. The number of methoxy groups -OCH3 is 1. The van der Waals surface area contributed by atoms with Gasteiger partial charge in [0.1, 0.15) is 23.0 Å². The minimum absolute atomic E-state index is 0.177. The molecule has 3 aromatic carbocycles. The summed E-state index contributed by atoms with van der Waals surface area (Å²) in [6, 6.07) is 18.0. The lowest BCUT2D eigenvalue weighted by Gasteiger charge is -2.26. The first-order chi connectivity index (χ1) is 27.0. The Labute approximate surface area is 338 Å². The molecule has 298 valence electrons. The van der Waals surface area contributed by atoms with Gasteiger partial charge in [-0.2, -0.15) is 0 Å². The fourth-order valence-corrected chi connectivity index (χ4v) is 7.71. The van der Waals surface area contributed by atoms with Gasteiger partial charge in [0, 0.05) is 11.1 Å². The third-order valence-corrected chi connectivity index (χ3v) is 10.7. The molecule has 0 amide bonds. The SMILES string of the molecule is C=C/C=C\COP(OC1=C/CC/C=C/C=C\1CCC)Oc1cc(C(C)(C)C)ccc1-c1cc(C)cc(OC)c1OP(O/C(C)=C/C=C\C)Oc1ccccc1C.